The molecule has 0 fully saturated rings. The fourth-order valence-corrected chi connectivity index (χ4v) is 2.22. The van der Waals surface area contributed by atoms with E-state index in [1.165, 1.54) is 19.2 Å². The van der Waals surface area contributed by atoms with E-state index >= 15 is 0 Å². The van der Waals surface area contributed by atoms with E-state index in [1.807, 2.05) is 13.8 Å². The summed E-state index contributed by atoms with van der Waals surface area (Å²) in [4.78, 5) is 0.109. The van der Waals surface area contributed by atoms with Crippen LogP contribution in [0.4, 0.5) is 5.69 Å². The van der Waals surface area contributed by atoms with E-state index in [0.717, 1.165) is 0 Å². The second-order valence-electron chi connectivity index (χ2n) is 4.00. The molecule has 0 saturated heterocycles. The van der Waals surface area contributed by atoms with Crippen molar-refractivity contribution in [3.8, 4) is 5.75 Å². The molecule has 6 nitrogen and oxygen atoms in total. The smallest absolute Gasteiger partial charge is 0.240 e. The van der Waals surface area contributed by atoms with Crippen LogP contribution in [0.3, 0.4) is 0 Å². The predicted molar refractivity (Wildman–Crippen MR) is 73.7 cm³/mol. The highest BCUT2D eigenvalue weighted by Crippen LogP contribution is 2.25. The normalized spacial score (nSPS) is 13.2. The summed E-state index contributed by atoms with van der Waals surface area (Å²) in [5.74, 6) is 0.447. The number of nitrogen functional groups attached to an aromatic ring is 1. The maximum atomic E-state index is 11.6. The summed E-state index contributed by atoms with van der Waals surface area (Å²) in [5.41, 5.74) is 6.07. The number of benzene rings is 1. The second-order valence-corrected chi connectivity index (χ2v) is 5.88. The van der Waals surface area contributed by atoms with Crippen molar-refractivity contribution in [3.05, 3.63) is 18.2 Å². The van der Waals surface area contributed by atoms with Crippen molar-refractivity contribution >= 4 is 15.7 Å². The van der Waals surface area contributed by atoms with Gasteiger partial charge in [0.1, 0.15) is 11.9 Å². The Labute approximate surface area is 113 Å². The first kappa shape index (κ1) is 15.7. The molecule has 0 heterocycles. The minimum atomic E-state index is -3.49. The van der Waals surface area contributed by atoms with Gasteiger partial charge in [-0.3, -0.25) is 0 Å². The maximum absolute atomic E-state index is 11.6. The molecule has 3 N–H and O–H groups in total. The summed E-state index contributed by atoms with van der Waals surface area (Å²) < 4.78 is 36.2. The van der Waals surface area contributed by atoms with Crippen LogP contribution in [-0.2, 0) is 14.8 Å². The fraction of sp³-hybridized carbons (Fsp3) is 0.500. The van der Waals surface area contributed by atoms with Crippen LogP contribution in [0.2, 0.25) is 0 Å². The molecule has 0 spiro atoms. The number of hydrogen-bond donors (Lipinski definition) is 2. The van der Waals surface area contributed by atoms with Gasteiger partial charge < -0.3 is 15.2 Å². The van der Waals surface area contributed by atoms with Gasteiger partial charge in [-0.25, -0.2) is 13.1 Å². The Morgan fingerprint density at radius 1 is 1.42 bits per heavy atom. The third-order valence-electron chi connectivity index (χ3n) is 2.45. The van der Waals surface area contributed by atoms with Crippen LogP contribution in [0.1, 0.15) is 13.8 Å². The molecule has 108 valence electrons. The quantitative estimate of drug-likeness (QED) is 0.730. The number of rotatable bonds is 7. The molecule has 1 atom stereocenters. The van der Waals surface area contributed by atoms with Crippen LogP contribution in [0.25, 0.3) is 0 Å². The molecular weight excluding hydrogens is 268 g/mol. The molecule has 19 heavy (non-hydrogen) atoms. The zero-order chi connectivity index (χ0) is 14.5. The van der Waals surface area contributed by atoms with E-state index in [2.05, 4.69) is 4.72 Å². The molecule has 0 saturated carbocycles. The van der Waals surface area contributed by atoms with Crippen LogP contribution in [0.5, 0.6) is 5.75 Å². The summed E-state index contributed by atoms with van der Waals surface area (Å²) >= 11 is 0. The fourth-order valence-electron chi connectivity index (χ4n) is 1.45. The Morgan fingerprint density at radius 2 is 2.11 bits per heavy atom. The van der Waals surface area contributed by atoms with Crippen molar-refractivity contribution in [3.63, 3.8) is 0 Å². The van der Waals surface area contributed by atoms with Gasteiger partial charge >= 0.3 is 0 Å². The number of sulfonamides is 1. The van der Waals surface area contributed by atoms with Crippen molar-refractivity contribution in [2.24, 2.45) is 0 Å². The van der Waals surface area contributed by atoms with Crippen molar-refractivity contribution in [2.45, 2.75) is 24.8 Å². The molecule has 0 amide bonds. The van der Waals surface area contributed by atoms with Crippen LogP contribution in [0.15, 0.2) is 23.1 Å². The van der Waals surface area contributed by atoms with Gasteiger partial charge in [0.25, 0.3) is 0 Å². The van der Waals surface area contributed by atoms with Crippen molar-refractivity contribution < 1.29 is 17.9 Å². The highest BCUT2D eigenvalue weighted by molar-refractivity contribution is 7.89. The van der Waals surface area contributed by atoms with Crippen molar-refractivity contribution in [1.82, 2.24) is 4.72 Å². The minimum absolute atomic E-state index is 0.109. The van der Waals surface area contributed by atoms with Crippen molar-refractivity contribution in [2.75, 3.05) is 26.0 Å². The first-order chi connectivity index (χ1) is 8.90. The summed E-state index contributed by atoms with van der Waals surface area (Å²) in [5, 5.41) is 0. The molecule has 1 aromatic rings. The zero-order valence-electron chi connectivity index (χ0n) is 11.3. The topological polar surface area (TPSA) is 90.6 Å². The van der Waals surface area contributed by atoms with Gasteiger partial charge in [-0.2, -0.15) is 0 Å². The SMILES string of the molecule is CCOCC(C)Oc1ccc(S(=O)(=O)NC)cc1N. The van der Waals surface area contributed by atoms with E-state index < -0.39 is 10.0 Å². The van der Waals surface area contributed by atoms with Crippen LogP contribution in [-0.4, -0.2) is 34.8 Å². The van der Waals surface area contributed by atoms with Crippen LogP contribution in [0, 0.1) is 0 Å². The van der Waals surface area contributed by atoms with E-state index in [9.17, 15) is 8.42 Å². The Bertz CT molecular complexity index is 516. The summed E-state index contributed by atoms with van der Waals surface area (Å²) in [6.45, 7) is 4.82. The standard InChI is InChI=1S/C12H20N2O4S/c1-4-17-8-9(2)18-12-6-5-10(7-11(12)13)19(15,16)14-3/h5-7,9,14H,4,8,13H2,1-3H3. The molecule has 1 unspecified atom stereocenters. The molecule has 1 rings (SSSR count). The third kappa shape index (κ3) is 4.38. The Balaban J connectivity index is 2.84. The second kappa shape index (κ2) is 6.74. The lowest BCUT2D eigenvalue weighted by Gasteiger charge is -2.16. The first-order valence-corrected chi connectivity index (χ1v) is 7.46. The maximum Gasteiger partial charge on any atom is 0.240 e. The lowest BCUT2D eigenvalue weighted by Crippen LogP contribution is -2.21. The number of anilines is 1. The molecule has 0 radical (unpaired) electrons. The number of ether oxygens (including phenoxy) is 2. The minimum Gasteiger partial charge on any atom is -0.486 e. The lowest BCUT2D eigenvalue weighted by atomic mass is 10.3. The van der Waals surface area contributed by atoms with Gasteiger partial charge in [-0.05, 0) is 39.1 Å². The summed E-state index contributed by atoms with van der Waals surface area (Å²) in [6, 6.07) is 4.36. The number of nitrogens with one attached hydrogen (secondary N) is 1. The van der Waals surface area contributed by atoms with E-state index in [1.54, 1.807) is 6.07 Å². The van der Waals surface area contributed by atoms with Gasteiger partial charge in [0.05, 0.1) is 17.2 Å². The summed E-state index contributed by atoms with van der Waals surface area (Å²) in [7, 11) is -2.14. The number of nitrogens with two attached hydrogens (primary N) is 1. The molecule has 7 heteroatoms. The highest BCUT2D eigenvalue weighted by Gasteiger charge is 2.14. The third-order valence-corrected chi connectivity index (χ3v) is 3.86. The predicted octanol–water partition coefficient (Wildman–Crippen LogP) is 0.981. The molecule has 0 aliphatic carbocycles. The van der Waals surface area contributed by atoms with E-state index in [-0.39, 0.29) is 16.7 Å². The van der Waals surface area contributed by atoms with Gasteiger partial charge in [-0.15, -0.1) is 0 Å². The molecular formula is C12H20N2O4S. The van der Waals surface area contributed by atoms with Crippen LogP contribution < -0.4 is 15.2 Å². The zero-order valence-corrected chi connectivity index (χ0v) is 12.2. The number of hydrogen-bond acceptors (Lipinski definition) is 5. The molecule has 0 aromatic heterocycles. The van der Waals surface area contributed by atoms with Gasteiger partial charge in [0.2, 0.25) is 10.0 Å². The van der Waals surface area contributed by atoms with Gasteiger partial charge in [-0.1, -0.05) is 0 Å². The molecule has 1 aromatic carbocycles. The molecule has 0 aliphatic heterocycles. The molecule has 0 aliphatic rings. The monoisotopic (exact) mass is 288 g/mol. The van der Waals surface area contributed by atoms with Gasteiger partial charge in [0, 0.05) is 6.61 Å². The van der Waals surface area contributed by atoms with Crippen molar-refractivity contribution in [1.29, 1.82) is 0 Å². The summed E-state index contributed by atoms with van der Waals surface area (Å²) in [6.07, 6.45) is -0.158. The Morgan fingerprint density at radius 3 is 2.63 bits per heavy atom. The van der Waals surface area contributed by atoms with Gasteiger partial charge in [0.15, 0.2) is 0 Å². The Kier molecular flexibility index (Phi) is 5.59. The highest BCUT2D eigenvalue weighted by atomic mass is 32.2. The average Bonchev–Trinajstić information content (AvgIpc) is 2.38. The van der Waals surface area contributed by atoms with E-state index in [4.69, 9.17) is 15.2 Å². The largest absolute Gasteiger partial charge is 0.486 e. The van der Waals surface area contributed by atoms with Crippen LogP contribution >= 0.6 is 0 Å². The lowest BCUT2D eigenvalue weighted by molar-refractivity contribution is 0.0661. The Hall–Kier alpha value is -1.31. The van der Waals surface area contributed by atoms with E-state index in [0.29, 0.717) is 19.0 Å². The average molecular weight is 288 g/mol. The molecule has 0 bridgehead atoms. The first-order valence-electron chi connectivity index (χ1n) is 5.98.